The molecular weight excluding hydrogens is 731 g/mol. The molecule has 1 unspecified atom stereocenters. The van der Waals surface area contributed by atoms with Gasteiger partial charge in [-0.15, -0.1) is 17.9 Å². The van der Waals surface area contributed by atoms with E-state index in [0.717, 1.165) is 48.2 Å². The number of allylic oxidation sites excluding steroid dienone is 7. The molecule has 7 aromatic carbocycles. The Balaban J connectivity index is 1.18. The van der Waals surface area contributed by atoms with Crippen molar-refractivity contribution in [2.24, 2.45) is 0 Å². The van der Waals surface area contributed by atoms with Crippen LogP contribution in [0.4, 0.5) is 11.4 Å². The number of unbranched alkanes of at least 4 members (excludes halogenated alkanes) is 1. The van der Waals surface area contributed by atoms with Gasteiger partial charge in [0.15, 0.2) is 0 Å². The number of thiophene rings is 1. The van der Waals surface area contributed by atoms with Crippen LogP contribution in [0.3, 0.4) is 0 Å². The summed E-state index contributed by atoms with van der Waals surface area (Å²) >= 11 is 1.86. The molecule has 0 saturated heterocycles. The Morgan fingerprint density at radius 1 is 0.610 bits per heavy atom. The molecule has 0 radical (unpaired) electrons. The van der Waals surface area contributed by atoms with Gasteiger partial charge in [-0.1, -0.05) is 159 Å². The van der Waals surface area contributed by atoms with Crippen molar-refractivity contribution in [2.75, 3.05) is 4.90 Å². The Hall–Kier alpha value is -6.74. The molecule has 0 N–H and O–H groups in total. The first kappa shape index (κ1) is 36.6. The van der Waals surface area contributed by atoms with Crippen LogP contribution >= 0.6 is 11.3 Å². The standard InChI is InChI=1S/C57H45NS/c1-4-7-8-18-35-57(42-19-10-9-11-20-42)52-25-16-14-22-47(52)48-33-32-44(38-53(48)57)58(54-37-39(5-2)45(6-3)46-21-12-13-23-49(46)54)43-30-27-40(28-31-43)41-29-34-56-51(36-41)50-24-15-17-26-55(50)59-56/h4-6,9-31,34-38H,1-3,7-8,32-33H2/b35-18+. The smallest absolute Gasteiger partial charge is 0.0641 e. The van der Waals surface area contributed by atoms with Crippen LogP contribution < -0.4 is 4.90 Å². The molecule has 2 aliphatic rings. The minimum Gasteiger partial charge on any atom is -0.314 e. The van der Waals surface area contributed by atoms with Crippen molar-refractivity contribution < 1.29 is 0 Å². The van der Waals surface area contributed by atoms with Crippen molar-refractivity contribution in [1.82, 2.24) is 0 Å². The molecule has 0 amide bonds. The van der Waals surface area contributed by atoms with Gasteiger partial charge in [0.05, 0.1) is 11.1 Å². The molecule has 1 aromatic heterocycles. The van der Waals surface area contributed by atoms with Crippen molar-refractivity contribution in [3.05, 3.63) is 235 Å². The molecule has 0 bridgehead atoms. The second kappa shape index (κ2) is 15.2. The van der Waals surface area contributed by atoms with Gasteiger partial charge in [-0.3, -0.25) is 0 Å². The van der Waals surface area contributed by atoms with Gasteiger partial charge in [0, 0.05) is 36.9 Å². The van der Waals surface area contributed by atoms with Crippen molar-refractivity contribution in [3.8, 4) is 11.1 Å². The van der Waals surface area contributed by atoms with E-state index in [9.17, 15) is 0 Å². The summed E-state index contributed by atoms with van der Waals surface area (Å²) < 4.78 is 2.65. The summed E-state index contributed by atoms with van der Waals surface area (Å²) in [4.78, 5) is 2.52. The summed E-state index contributed by atoms with van der Waals surface area (Å²) in [6.45, 7) is 12.5. The number of anilines is 2. The average molecular weight is 776 g/mol. The van der Waals surface area contributed by atoms with E-state index in [0.29, 0.717) is 0 Å². The number of rotatable bonds is 11. The van der Waals surface area contributed by atoms with Crippen molar-refractivity contribution in [2.45, 2.75) is 31.1 Å². The highest BCUT2D eigenvalue weighted by molar-refractivity contribution is 7.25. The zero-order valence-corrected chi connectivity index (χ0v) is 34.0. The van der Waals surface area contributed by atoms with Crippen molar-refractivity contribution in [1.29, 1.82) is 0 Å². The summed E-state index contributed by atoms with van der Waals surface area (Å²) in [5, 5.41) is 4.98. The third kappa shape index (κ3) is 6.06. The Morgan fingerprint density at radius 2 is 1.32 bits per heavy atom. The highest BCUT2D eigenvalue weighted by Crippen LogP contribution is 2.56. The maximum absolute atomic E-state index is 4.27. The predicted molar refractivity (Wildman–Crippen MR) is 258 cm³/mol. The van der Waals surface area contributed by atoms with E-state index >= 15 is 0 Å². The predicted octanol–water partition coefficient (Wildman–Crippen LogP) is 16.3. The van der Waals surface area contributed by atoms with Gasteiger partial charge in [-0.2, -0.15) is 0 Å². The summed E-state index contributed by atoms with van der Waals surface area (Å²) in [7, 11) is 0. The molecular formula is C57H45NS. The van der Waals surface area contributed by atoms with Gasteiger partial charge in [-0.05, 0) is 124 Å². The second-order valence-electron chi connectivity index (χ2n) is 15.6. The molecule has 2 aliphatic carbocycles. The summed E-state index contributed by atoms with van der Waals surface area (Å²) in [6.07, 6.45) is 17.0. The van der Waals surface area contributed by atoms with Gasteiger partial charge in [0.1, 0.15) is 0 Å². The lowest BCUT2D eigenvalue weighted by molar-refractivity contribution is 0.776. The third-order valence-electron chi connectivity index (χ3n) is 12.4. The molecule has 10 rings (SSSR count). The van der Waals surface area contributed by atoms with Crippen molar-refractivity contribution in [3.63, 3.8) is 0 Å². The van der Waals surface area contributed by atoms with E-state index in [1.165, 1.54) is 75.6 Å². The number of hydrogen-bond acceptors (Lipinski definition) is 2. The Morgan fingerprint density at radius 3 is 2.12 bits per heavy atom. The molecule has 2 heteroatoms. The molecule has 284 valence electrons. The van der Waals surface area contributed by atoms with Crippen LogP contribution in [-0.2, 0) is 5.41 Å². The molecule has 0 fully saturated rings. The third-order valence-corrected chi connectivity index (χ3v) is 13.5. The van der Waals surface area contributed by atoms with Gasteiger partial charge < -0.3 is 4.90 Å². The van der Waals surface area contributed by atoms with Crippen LogP contribution in [0.5, 0.6) is 0 Å². The van der Waals surface area contributed by atoms with Gasteiger partial charge >= 0.3 is 0 Å². The van der Waals surface area contributed by atoms with Gasteiger partial charge in [-0.25, -0.2) is 0 Å². The SMILES string of the molecule is C=CCC/C=C/C1(c2ccccc2)C2=C(CCC(N(c3ccc(-c4ccc5sc6ccccc6c5c4)cc3)c3cc(C=C)c(C=C)c4ccccc34)=C2)c2ccccc21. The first-order valence-corrected chi connectivity index (χ1v) is 21.5. The zero-order valence-electron chi connectivity index (χ0n) is 33.2. The average Bonchev–Trinajstić information content (AvgIpc) is 3.81. The lowest BCUT2D eigenvalue weighted by Crippen LogP contribution is -2.27. The van der Waals surface area contributed by atoms with E-state index in [2.05, 4.69) is 195 Å². The molecule has 0 saturated carbocycles. The first-order valence-electron chi connectivity index (χ1n) is 20.6. The molecule has 8 aromatic rings. The number of fused-ring (bicyclic) bond motifs is 6. The number of hydrogen-bond donors (Lipinski definition) is 0. The summed E-state index contributed by atoms with van der Waals surface area (Å²) in [5.74, 6) is 0. The molecule has 0 aliphatic heterocycles. The highest BCUT2D eigenvalue weighted by atomic mass is 32.1. The Kier molecular flexibility index (Phi) is 9.43. The first-order chi connectivity index (χ1) is 29.1. The molecule has 1 nitrogen and oxygen atoms in total. The quantitative estimate of drug-likeness (QED) is 0.0934. The maximum atomic E-state index is 4.27. The van der Waals surface area contributed by atoms with E-state index in [1.54, 1.807) is 0 Å². The van der Waals surface area contributed by atoms with Crippen LogP contribution in [0.1, 0.15) is 53.5 Å². The lowest BCUT2D eigenvalue weighted by Gasteiger charge is -2.36. The Labute approximate surface area is 351 Å². The molecule has 0 spiro atoms. The summed E-state index contributed by atoms with van der Waals surface area (Å²) in [5.41, 5.74) is 14.5. The van der Waals surface area contributed by atoms with Crippen LogP contribution in [0.15, 0.2) is 207 Å². The van der Waals surface area contributed by atoms with Gasteiger partial charge in [0.25, 0.3) is 0 Å². The van der Waals surface area contributed by atoms with E-state index in [1.807, 2.05) is 29.6 Å². The fourth-order valence-corrected chi connectivity index (χ4v) is 10.8. The van der Waals surface area contributed by atoms with Gasteiger partial charge in [0.2, 0.25) is 0 Å². The lowest BCUT2D eigenvalue weighted by atomic mass is 9.70. The monoisotopic (exact) mass is 775 g/mol. The van der Waals surface area contributed by atoms with Crippen LogP contribution in [0.2, 0.25) is 0 Å². The van der Waals surface area contributed by atoms with Crippen LogP contribution in [-0.4, -0.2) is 0 Å². The fourth-order valence-electron chi connectivity index (χ4n) is 9.67. The molecule has 1 atom stereocenters. The maximum Gasteiger partial charge on any atom is 0.0641 e. The zero-order chi connectivity index (χ0) is 39.9. The highest BCUT2D eigenvalue weighted by Gasteiger charge is 2.45. The minimum atomic E-state index is -0.429. The molecule has 59 heavy (non-hydrogen) atoms. The Bertz CT molecular complexity index is 3040. The van der Waals surface area contributed by atoms with Crippen molar-refractivity contribution >= 4 is 71.4 Å². The minimum absolute atomic E-state index is 0.429. The van der Waals surface area contributed by atoms with Crippen LogP contribution in [0.25, 0.3) is 59.8 Å². The largest absolute Gasteiger partial charge is 0.314 e. The molecule has 1 heterocycles. The van der Waals surface area contributed by atoms with Crippen LogP contribution in [0, 0.1) is 0 Å². The number of benzene rings is 7. The second-order valence-corrected chi connectivity index (χ2v) is 16.6. The number of nitrogens with zero attached hydrogens (tertiary/aromatic N) is 1. The fraction of sp³-hybridized carbons (Fsp3) is 0.0877. The summed E-state index contributed by atoms with van der Waals surface area (Å²) in [6, 6.07) is 56.1. The topological polar surface area (TPSA) is 3.24 Å². The van der Waals surface area contributed by atoms with E-state index in [4.69, 9.17) is 0 Å². The normalized spacial score (nSPS) is 16.0. The van der Waals surface area contributed by atoms with E-state index in [-0.39, 0.29) is 0 Å². The van der Waals surface area contributed by atoms with E-state index < -0.39 is 5.41 Å².